The Morgan fingerprint density at radius 1 is 1.21 bits per heavy atom. The summed E-state index contributed by atoms with van der Waals surface area (Å²) in [6.45, 7) is 1.99. The van der Waals surface area contributed by atoms with E-state index in [1.165, 1.54) is 17.3 Å². The van der Waals surface area contributed by atoms with Crippen molar-refractivity contribution in [1.82, 2.24) is 19.7 Å². The van der Waals surface area contributed by atoms with E-state index in [2.05, 4.69) is 20.8 Å². The maximum atomic E-state index is 13.4. The van der Waals surface area contributed by atoms with Crippen LogP contribution < -0.4 is 0 Å². The van der Waals surface area contributed by atoms with Gasteiger partial charge in [0.25, 0.3) is 5.91 Å². The van der Waals surface area contributed by atoms with Crippen molar-refractivity contribution in [3.8, 4) is 0 Å². The standard InChI is InChI=1S/C21H23ClN4OS/c1-13-23-24-20(26(13)14-10-11-14)28-18-16-8-5-6-12-21(16,25(2)19(18)27)15-7-3-4-9-17(15)22/h3-4,7,9,14H,5-6,8,10-12H2,1-2H3. The minimum absolute atomic E-state index is 0.0739. The second-order valence-corrected chi connectivity index (χ2v) is 9.34. The molecule has 146 valence electrons. The average Bonchev–Trinajstić information content (AvgIpc) is 3.44. The molecule has 2 aromatic rings. The second-order valence-electron chi connectivity index (χ2n) is 7.95. The lowest BCUT2D eigenvalue weighted by atomic mass is 9.73. The van der Waals surface area contributed by atoms with Crippen LogP contribution in [0.15, 0.2) is 39.9 Å². The fraction of sp³-hybridized carbons (Fsp3) is 0.476. The van der Waals surface area contributed by atoms with Crippen LogP contribution in [0.5, 0.6) is 0 Å². The van der Waals surface area contributed by atoms with Crippen molar-refractivity contribution in [3.05, 3.63) is 51.2 Å². The normalized spacial score (nSPS) is 24.8. The highest BCUT2D eigenvalue weighted by molar-refractivity contribution is 8.03. The molecule has 1 aromatic carbocycles. The van der Waals surface area contributed by atoms with E-state index in [0.29, 0.717) is 6.04 Å². The zero-order chi connectivity index (χ0) is 19.5. The van der Waals surface area contributed by atoms with Crippen LogP contribution in [-0.4, -0.2) is 32.6 Å². The molecule has 1 aromatic heterocycles. The highest BCUT2D eigenvalue weighted by Crippen LogP contribution is 2.55. The summed E-state index contributed by atoms with van der Waals surface area (Å²) in [4.78, 5) is 16.1. The molecular weight excluding hydrogens is 392 g/mol. The molecule has 2 fully saturated rings. The first-order chi connectivity index (χ1) is 13.5. The van der Waals surface area contributed by atoms with E-state index in [4.69, 9.17) is 11.6 Å². The van der Waals surface area contributed by atoms with E-state index >= 15 is 0 Å². The predicted molar refractivity (Wildman–Crippen MR) is 110 cm³/mol. The lowest BCUT2D eigenvalue weighted by molar-refractivity contribution is -0.128. The van der Waals surface area contributed by atoms with E-state index in [9.17, 15) is 4.79 Å². The lowest BCUT2D eigenvalue weighted by Crippen LogP contribution is -2.44. The Kier molecular flexibility index (Phi) is 4.32. The number of amides is 1. The summed E-state index contributed by atoms with van der Waals surface area (Å²) < 4.78 is 2.20. The summed E-state index contributed by atoms with van der Waals surface area (Å²) in [5.41, 5.74) is 1.81. The van der Waals surface area contributed by atoms with Crippen LogP contribution >= 0.6 is 23.4 Å². The number of nitrogens with zero attached hydrogens (tertiary/aromatic N) is 4. The summed E-state index contributed by atoms with van der Waals surface area (Å²) in [5, 5.41) is 10.2. The van der Waals surface area contributed by atoms with Crippen LogP contribution in [0.1, 0.15) is 56.0 Å². The highest BCUT2D eigenvalue weighted by atomic mass is 35.5. The molecule has 1 aliphatic heterocycles. The van der Waals surface area contributed by atoms with Gasteiger partial charge < -0.3 is 9.47 Å². The third kappa shape index (κ3) is 2.57. The summed E-state index contributed by atoms with van der Waals surface area (Å²) in [7, 11) is 1.92. The largest absolute Gasteiger partial charge is 0.328 e. The van der Waals surface area contributed by atoms with Gasteiger partial charge in [-0.3, -0.25) is 4.79 Å². The summed E-state index contributed by atoms with van der Waals surface area (Å²) in [6.07, 6.45) is 6.33. The Bertz CT molecular complexity index is 996. The SMILES string of the molecule is Cc1nnc(SC2=C3CCCCC3(c3ccccc3Cl)N(C)C2=O)n1C1CC1. The van der Waals surface area contributed by atoms with Gasteiger partial charge in [-0.1, -0.05) is 36.2 Å². The first-order valence-electron chi connectivity index (χ1n) is 9.90. The number of fused-ring (bicyclic) bond motifs is 1. The van der Waals surface area contributed by atoms with Crippen molar-refractivity contribution in [2.75, 3.05) is 7.05 Å². The van der Waals surface area contributed by atoms with Crippen molar-refractivity contribution in [2.24, 2.45) is 0 Å². The molecule has 5 nitrogen and oxygen atoms in total. The molecule has 3 aliphatic rings. The van der Waals surface area contributed by atoms with Crippen molar-refractivity contribution in [3.63, 3.8) is 0 Å². The molecule has 0 radical (unpaired) electrons. The maximum absolute atomic E-state index is 13.4. The Balaban J connectivity index is 1.64. The quantitative estimate of drug-likeness (QED) is 0.716. The van der Waals surface area contributed by atoms with Gasteiger partial charge in [0.1, 0.15) is 5.82 Å². The molecule has 0 N–H and O–H groups in total. The minimum Gasteiger partial charge on any atom is -0.328 e. The fourth-order valence-corrected chi connectivity index (χ4v) is 6.36. The molecule has 2 aliphatic carbocycles. The smallest absolute Gasteiger partial charge is 0.261 e. The number of benzene rings is 1. The molecule has 1 unspecified atom stereocenters. The number of carbonyl (C=O) groups excluding carboxylic acids is 1. The monoisotopic (exact) mass is 414 g/mol. The number of rotatable bonds is 4. The minimum atomic E-state index is -0.435. The van der Waals surface area contributed by atoms with Crippen LogP contribution in [0.3, 0.4) is 0 Å². The molecule has 5 rings (SSSR count). The Morgan fingerprint density at radius 3 is 2.75 bits per heavy atom. The van der Waals surface area contributed by atoms with Gasteiger partial charge in [-0.05, 0) is 62.4 Å². The number of likely N-dealkylation sites (N-methyl/N-ethyl adjacent to an activating group) is 1. The zero-order valence-corrected chi connectivity index (χ0v) is 17.7. The van der Waals surface area contributed by atoms with Crippen molar-refractivity contribution in [2.45, 2.75) is 62.2 Å². The highest BCUT2D eigenvalue weighted by Gasteiger charge is 2.52. The van der Waals surface area contributed by atoms with Gasteiger partial charge >= 0.3 is 0 Å². The number of thioether (sulfide) groups is 1. The van der Waals surface area contributed by atoms with E-state index in [-0.39, 0.29) is 5.91 Å². The third-order valence-corrected chi connectivity index (χ3v) is 7.74. The number of hydrogen-bond acceptors (Lipinski definition) is 4. The molecule has 2 heterocycles. The van der Waals surface area contributed by atoms with Gasteiger partial charge in [0, 0.05) is 23.7 Å². The van der Waals surface area contributed by atoms with Crippen LogP contribution in [0.2, 0.25) is 5.02 Å². The summed E-state index contributed by atoms with van der Waals surface area (Å²) in [5.74, 6) is 1.00. The van der Waals surface area contributed by atoms with Gasteiger partial charge in [-0.25, -0.2) is 0 Å². The Labute approximate surface area is 174 Å². The van der Waals surface area contributed by atoms with Gasteiger partial charge in [0.2, 0.25) is 0 Å². The summed E-state index contributed by atoms with van der Waals surface area (Å²) in [6, 6.07) is 8.44. The van der Waals surface area contributed by atoms with Crippen LogP contribution in [0.25, 0.3) is 0 Å². The Hall–Kier alpha value is -1.79. The first-order valence-corrected chi connectivity index (χ1v) is 11.1. The second kappa shape index (κ2) is 6.63. The van der Waals surface area contributed by atoms with Gasteiger partial charge in [-0.15, -0.1) is 10.2 Å². The van der Waals surface area contributed by atoms with Crippen LogP contribution in [0.4, 0.5) is 0 Å². The number of aryl methyl sites for hydroxylation is 1. The van der Waals surface area contributed by atoms with E-state index in [1.54, 1.807) is 0 Å². The van der Waals surface area contributed by atoms with Gasteiger partial charge in [0.15, 0.2) is 5.16 Å². The van der Waals surface area contributed by atoms with Gasteiger partial charge in [0.05, 0.1) is 10.4 Å². The molecule has 7 heteroatoms. The molecule has 0 spiro atoms. The number of hydrogen-bond donors (Lipinski definition) is 0. The molecule has 1 atom stereocenters. The Morgan fingerprint density at radius 2 is 2.00 bits per heavy atom. The van der Waals surface area contributed by atoms with Gasteiger partial charge in [-0.2, -0.15) is 0 Å². The zero-order valence-electron chi connectivity index (χ0n) is 16.1. The molecule has 1 amide bonds. The third-order valence-electron chi connectivity index (χ3n) is 6.32. The van der Waals surface area contributed by atoms with E-state index < -0.39 is 5.54 Å². The first kappa shape index (κ1) is 18.3. The summed E-state index contributed by atoms with van der Waals surface area (Å²) >= 11 is 8.12. The average molecular weight is 415 g/mol. The number of carbonyl (C=O) groups is 1. The van der Waals surface area contributed by atoms with E-state index in [1.807, 2.05) is 37.1 Å². The molecule has 0 bridgehead atoms. The van der Waals surface area contributed by atoms with Crippen LogP contribution in [-0.2, 0) is 10.3 Å². The van der Waals surface area contributed by atoms with Crippen molar-refractivity contribution < 1.29 is 4.79 Å². The predicted octanol–water partition coefficient (Wildman–Crippen LogP) is 4.86. The van der Waals surface area contributed by atoms with Crippen molar-refractivity contribution in [1.29, 1.82) is 0 Å². The lowest BCUT2D eigenvalue weighted by Gasteiger charge is -2.42. The molecule has 28 heavy (non-hydrogen) atoms. The van der Waals surface area contributed by atoms with Crippen LogP contribution in [0, 0.1) is 6.92 Å². The number of aromatic nitrogens is 3. The number of halogens is 1. The molecule has 0 saturated heterocycles. The molecule has 2 saturated carbocycles. The van der Waals surface area contributed by atoms with Crippen molar-refractivity contribution >= 4 is 29.3 Å². The van der Waals surface area contributed by atoms with E-state index in [0.717, 1.165) is 65.0 Å². The topological polar surface area (TPSA) is 51.0 Å². The fourth-order valence-electron chi connectivity index (χ4n) is 4.81. The molecular formula is C21H23ClN4OS. The maximum Gasteiger partial charge on any atom is 0.261 e.